The van der Waals surface area contributed by atoms with E-state index in [0.717, 1.165) is 64.2 Å². The van der Waals surface area contributed by atoms with Gasteiger partial charge in [-0.1, -0.05) is 344 Å². The molecular weight excluding hydrogens is 1030 g/mol. The maximum absolute atomic E-state index is 13.1. The van der Waals surface area contributed by atoms with Crippen molar-refractivity contribution in [3.05, 3.63) is 60.8 Å². The third-order valence-corrected chi connectivity index (χ3v) is 17.1. The Bertz CT molecular complexity index is 1500. The van der Waals surface area contributed by atoms with Crippen molar-refractivity contribution < 1.29 is 39.8 Å². The Hall–Kier alpha value is -2.11. The number of nitrogens with one attached hydrogen (secondary N) is 1. The van der Waals surface area contributed by atoms with Crippen LogP contribution >= 0.6 is 0 Å². The maximum Gasteiger partial charge on any atom is 0.220 e. The van der Waals surface area contributed by atoms with Crippen LogP contribution in [0.5, 0.6) is 0 Å². The fourth-order valence-corrected chi connectivity index (χ4v) is 11.5. The van der Waals surface area contributed by atoms with Crippen LogP contribution in [0, 0.1) is 0 Å². The van der Waals surface area contributed by atoms with Gasteiger partial charge in [-0.05, 0) is 57.8 Å². The van der Waals surface area contributed by atoms with Gasteiger partial charge >= 0.3 is 0 Å². The van der Waals surface area contributed by atoms with Gasteiger partial charge < -0.3 is 40.3 Å². The summed E-state index contributed by atoms with van der Waals surface area (Å²) >= 11 is 0. The van der Waals surface area contributed by atoms with E-state index in [1.54, 1.807) is 6.08 Å². The van der Waals surface area contributed by atoms with Crippen molar-refractivity contribution in [2.24, 2.45) is 0 Å². The van der Waals surface area contributed by atoms with Gasteiger partial charge in [0.05, 0.1) is 25.4 Å². The molecule has 0 spiro atoms. The van der Waals surface area contributed by atoms with Gasteiger partial charge in [0.15, 0.2) is 6.29 Å². The number of hydrogen-bond donors (Lipinski definition) is 6. The van der Waals surface area contributed by atoms with Gasteiger partial charge in [0.1, 0.15) is 24.4 Å². The topological polar surface area (TPSA) is 149 Å². The molecular formula is C74H137NO8. The quantitative estimate of drug-likeness (QED) is 0.0261. The van der Waals surface area contributed by atoms with Crippen LogP contribution in [0.3, 0.4) is 0 Å². The zero-order chi connectivity index (χ0) is 60.0. The summed E-state index contributed by atoms with van der Waals surface area (Å²) in [5.41, 5.74) is 0. The van der Waals surface area contributed by atoms with Gasteiger partial charge in [-0.2, -0.15) is 0 Å². The molecule has 486 valence electrons. The lowest BCUT2D eigenvalue weighted by molar-refractivity contribution is -0.302. The second-order valence-corrected chi connectivity index (χ2v) is 25.0. The molecule has 0 saturated carbocycles. The van der Waals surface area contributed by atoms with E-state index in [1.807, 2.05) is 6.08 Å². The highest BCUT2D eigenvalue weighted by Crippen LogP contribution is 2.23. The summed E-state index contributed by atoms with van der Waals surface area (Å²) < 4.78 is 11.3. The molecule has 9 heteroatoms. The summed E-state index contributed by atoms with van der Waals surface area (Å²) in [6.07, 6.45) is 80.6. The lowest BCUT2D eigenvalue weighted by Gasteiger charge is -2.40. The van der Waals surface area contributed by atoms with Crippen molar-refractivity contribution >= 4 is 5.91 Å². The van der Waals surface area contributed by atoms with Crippen molar-refractivity contribution in [3.8, 4) is 0 Å². The van der Waals surface area contributed by atoms with Crippen molar-refractivity contribution in [2.45, 2.75) is 391 Å². The molecule has 1 fully saturated rings. The molecule has 1 heterocycles. The Labute approximate surface area is 513 Å². The number of carbonyl (C=O) groups is 1. The molecule has 0 aromatic carbocycles. The van der Waals surface area contributed by atoms with Gasteiger partial charge in [-0.3, -0.25) is 4.79 Å². The van der Waals surface area contributed by atoms with E-state index < -0.39 is 49.5 Å². The molecule has 0 aromatic heterocycles. The van der Waals surface area contributed by atoms with E-state index in [0.29, 0.717) is 6.42 Å². The second-order valence-electron chi connectivity index (χ2n) is 25.0. The molecule has 1 aliphatic rings. The first-order valence-corrected chi connectivity index (χ1v) is 36.0. The molecule has 1 rings (SSSR count). The lowest BCUT2D eigenvalue weighted by atomic mass is 9.99. The molecule has 0 aliphatic carbocycles. The Balaban J connectivity index is 2.03. The van der Waals surface area contributed by atoms with Crippen LogP contribution in [0.1, 0.15) is 348 Å². The van der Waals surface area contributed by atoms with Crippen LogP contribution in [-0.2, 0) is 14.3 Å². The van der Waals surface area contributed by atoms with E-state index in [-0.39, 0.29) is 12.5 Å². The fraction of sp³-hybridized carbons (Fsp3) is 0.851. The standard InChI is InChI=1S/C74H137NO8/c1-3-5-7-9-11-13-15-17-19-21-23-24-25-26-27-28-29-30-31-32-33-34-35-36-37-38-39-40-41-42-43-44-46-48-50-52-54-56-58-60-62-64-70(78)75-67(66-82-74-73(81)72(80)71(79)69(65-76)83-74)68(77)63-61-59-57-55-53-51-49-47-45-22-20-18-16-14-12-10-8-6-4-2/h5,7,11,13,17,19,23-24,61,63,67-69,71-74,76-77,79-81H,3-4,6,8-10,12,14-16,18,20-22,25-60,62,64-66H2,1-2H3,(H,75,78)/b7-5-,13-11-,19-17-,24-23-,63-61+. The van der Waals surface area contributed by atoms with Crippen molar-refractivity contribution in [3.63, 3.8) is 0 Å². The highest BCUT2D eigenvalue weighted by atomic mass is 16.7. The average Bonchev–Trinajstić information content (AvgIpc) is 3.61. The summed E-state index contributed by atoms with van der Waals surface area (Å²) in [6.45, 7) is 3.71. The van der Waals surface area contributed by atoms with E-state index >= 15 is 0 Å². The van der Waals surface area contributed by atoms with Crippen LogP contribution in [0.2, 0.25) is 0 Å². The number of ether oxygens (including phenoxy) is 2. The van der Waals surface area contributed by atoms with Gasteiger partial charge in [0.2, 0.25) is 5.91 Å². The first-order chi connectivity index (χ1) is 40.8. The molecule has 6 N–H and O–H groups in total. The Morgan fingerprint density at radius 2 is 0.747 bits per heavy atom. The maximum atomic E-state index is 13.1. The molecule has 7 atom stereocenters. The Kier molecular flexibility index (Phi) is 59.8. The minimum atomic E-state index is -1.57. The molecule has 1 aliphatic heterocycles. The average molecular weight is 1170 g/mol. The van der Waals surface area contributed by atoms with Gasteiger partial charge in [0.25, 0.3) is 0 Å². The molecule has 1 saturated heterocycles. The fourth-order valence-electron chi connectivity index (χ4n) is 11.5. The number of aliphatic hydroxyl groups is 5. The number of allylic oxidation sites excluding steroid dienone is 9. The second kappa shape index (κ2) is 62.9. The predicted octanol–water partition coefficient (Wildman–Crippen LogP) is 19.8. The van der Waals surface area contributed by atoms with Crippen LogP contribution < -0.4 is 5.32 Å². The third-order valence-electron chi connectivity index (χ3n) is 17.1. The van der Waals surface area contributed by atoms with Crippen LogP contribution in [0.15, 0.2) is 60.8 Å². The first-order valence-electron chi connectivity index (χ1n) is 36.0. The normalized spacial score (nSPS) is 18.6. The van der Waals surface area contributed by atoms with E-state index in [9.17, 15) is 30.3 Å². The van der Waals surface area contributed by atoms with Crippen molar-refractivity contribution in [1.82, 2.24) is 5.32 Å². The Morgan fingerprint density at radius 1 is 0.422 bits per heavy atom. The molecule has 7 unspecified atom stereocenters. The molecule has 0 aromatic rings. The number of rotatable bonds is 63. The monoisotopic (exact) mass is 1170 g/mol. The minimum absolute atomic E-state index is 0.170. The summed E-state index contributed by atoms with van der Waals surface area (Å²) in [5, 5.41) is 54.7. The molecule has 9 nitrogen and oxygen atoms in total. The largest absolute Gasteiger partial charge is 0.394 e. The number of unbranched alkanes of at least 4 members (excludes halogenated alkanes) is 45. The number of amides is 1. The van der Waals surface area contributed by atoms with Gasteiger partial charge in [0, 0.05) is 6.42 Å². The summed E-state index contributed by atoms with van der Waals surface area (Å²) in [7, 11) is 0. The summed E-state index contributed by atoms with van der Waals surface area (Å²) in [6, 6.07) is -0.804. The summed E-state index contributed by atoms with van der Waals surface area (Å²) in [4.78, 5) is 13.1. The van der Waals surface area contributed by atoms with Crippen LogP contribution in [-0.4, -0.2) is 87.5 Å². The zero-order valence-electron chi connectivity index (χ0n) is 54.5. The molecule has 83 heavy (non-hydrogen) atoms. The van der Waals surface area contributed by atoms with Crippen molar-refractivity contribution in [2.75, 3.05) is 13.2 Å². The highest BCUT2D eigenvalue weighted by molar-refractivity contribution is 5.76. The minimum Gasteiger partial charge on any atom is -0.394 e. The predicted molar refractivity (Wildman–Crippen MR) is 355 cm³/mol. The smallest absolute Gasteiger partial charge is 0.220 e. The number of carbonyl (C=O) groups excluding carboxylic acids is 1. The zero-order valence-corrected chi connectivity index (χ0v) is 54.5. The molecule has 1 amide bonds. The molecule has 0 radical (unpaired) electrons. The highest BCUT2D eigenvalue weighted by Gasteiger charge is 2.44. The SMILES string of the molecule is CC/C=C\C/C=C\C/C=C\C/C=C\CCCCCCCCCCCCCCCCCCCCCCCCCCCCCCC(=O)NC(COC1OC(CO)C(O)C(O)C1O)C(O)/C=C/CCCCCCCCCCCCCCCCCCC. The molecule has 0 bridgehead atoms. The van der Waals surface area contributed by atoms with Crippen LogP contribution in [0.4, 0.5) is 0 Å². The lowest BCUT2D eigenvalue weighted by Crippen LogP contribution is -2.60. The van der Waals surface area contributed by atoms with Gasteiger partial charge in [-0.15, -0.1) is 0 Å². The van der Waals surface area contributed by atoms with Crippen LogP contribution in [0.25, 0.3) is 0 Å². The van der Waals surface area contributed by atoms with Crippen molar-refractivity contribution in [1.29, 1.82) is 0 Å². The van der Waals surface area contributed by atoms with E-state index in [1.165, 1.54) is 263 Å². The number of aliphatic hydroxyl groups excluding tert-OH is 5. The Morgan fingerprint density at radius 3 is 1.11 bits per heavy atom. The summed E-state index contributed by atoms with van der Waals surface area (Å²) in [5.74, 6) is -0.170. The van der Waals surface area contributed by atoms with E-state index in [4.69, 9.17) is 9.47 Å². The number of hydrogen-bond acceptors (Lipinski definition) is 8. The van der Waals surface area contributed by atoms with E-state index in [2.05, 4.69) is 67.8 Å². The first kappa shape index (κ1) is 78.9. The van der Waals surface area contributed by atoms with Gasteiger partial charge in [-0.25, -0.2) is 0 Å². The third kappa shape index (κ3) is 51.6.